The van der Waals surface area contributed by atoms with Gasteiger partial charge in [0.05, 0.1) is 0 Å². The van der Waals surface area contributed by atoms with Gasteiger partial charge in [-0.15, -0.1) is 0 Å². The number of rotatable bonds is 3. The molecular formula is C20H25ClN2. The number of benzene rings is 2. The number of piperidine rings is 1. The van der Waals surface area contributed by atoms with E-state index < -0.39 is 0 Å². The Balaban J connectivity index is 1.74. The van der Waals surface area contributed by atoms with Crippen molar-refractivity contribution in [1.82, 2.24) is 0 Å². The maximum Gasteiger partial charge on any atom is 0.0426 e. The van der Waals surface area contributed by atoms with Gasteiger partial charge in [-0.25, -0.2) is 0 Å². The van der Waals surface area contributed by atoms with Crippen LogP contribution in [0.3, 0.4) is 0 Å². The maximum absolute atomic E-state index is 6.32. The van der Waals surface area contributed by atoms with Gasteiger partial charge in [-0.3, -0.25) is 0 Å². The minimum Gasteiger partial charge on any atom is -0.370 e. The number of hydrogen-bond acceptors (Lipinski definition) is 2. The van der Waals surface area contributed by atoms with E-state index in [1.807, 2.05) is 18.2 Å². The van der Waals surface area contributed by atoms with Gasteiger partial charge in [-0.05, 0) is 67.5 Å². The van der Waals surface area contributed by atoms with E-state index in [-0.39, 0.29) is 6.04 Å². The molecule has 2 aromatic rings. The molecule has 23 heavy (non-hydrogen) atoms. The molecule has 122 valence electrons. The summed E-state index contributed by atoms with van der Waals surface area (Å²) in [7, 11) is 0. The molecule has 1 aliphatic heterocycles. The first-order valence-electron chi connectivity index (χ1n) is 8.33. The number of nitrogens with zero attached hydrogens (tertiary/aromatic N) is 1. The second-order valence-corrected chi connectivity index (χ2v) is 7.31. The van der Waals surface area contributed by atoms with Crippen LogP contribution in [-0.2, 0) is 6.42 Å². The minimum atomic E-state index is 0.222. The summed E-state index contributed by atoms with van der Waals surface area (Å²) in [5.41, 5.74) is 11.6. The van der Waals surface area contributed by atoms with Crippen LogP contribution in [0.1, 0.15) is 23.1 Å². The molecule has 1 fully saturated rings. The first-order chi connectivity index (χ1) is 11.0. The third kappa shape index (κ3) is 4.07. The summed E-state index contributed by atoms with van der Waals surface area (Å²) in [4.78, 5) is 2.38. The van der Waals surface area contributed by atoms with Gasteiger partial charge < -0.3 is 10.6 Å². The van der Waals surface area contributed by atoms with Crippen LogP contribution in [0.5, 0.6) is 0 Å². The average molecular weight is 329 g/mol. The lowest BCUT2D eigenvalue weighted by Crippen LogP contribution is -2.47. The summed E-state index contributed by atoms with van der Waals surface area (Å²) in [6, 6.07) is 15.1. The Bertz CT molecular complexity index is 683. The zero-order chi connectivity index (χ0) is 16.4. The highest BCUT2D eigenvalue weighted by molar-refractivity contribution is 6.30. The Morgan fingerprint density at radius 2 is 1.91 bits per heavy atom. The van der Waals surface area contributed by atoms with Gasteiger partial charge in [0.2, 0.25) is 0 Å². The minimum absolute atomic E-state index is 0.222. The van der Waals surface area contributed by atoms with E-state index in [2.05, 4.69) is 43.0 Å². The van der Waals surface area contributed by atoms with Crippen molar-refractivity contribution in [1.29, 1.82) is 0 Å². The van der Waals surface area contributed by atoms with Gasteiger partial charge in [-0.1, -0.05) is 35.9 Å². The van der Waals surface area contributed by atoms with Crippen molar-refractivity contribution in [3.8, 4) is 0 Å². The predicted molar refractivity (Wildman–Crippen MR) is 99.4 cm³/mol. The third-order valence-electron chi connectivity index (χ3n) is 4.84. The smallest absolute Gasteiger partial charge is 0.0426 e. The summed E-state index contributed by atoms with van der Waals surface area (Å²) in [6.45, 7) is 6.30. The van der Waals surface area contributed by atoms with Crippen LogP contribution in [0.2, 0.25) is 5.02 Å². The lowest BCUT2D eigenvalue weighted by Gasteiger charge is -2.38. The van der Waals surface area contributed by atoms with Crippen LogP contribution < -0.4 is 10.6 Å². The van der Waals surface area contributed by atoms with E-state index >= 15 is 0 Å². The summed E-state index contributed by atoms with van der Waals surface area (Å²) >= 11 is 6.14. The molecule has 3 rings (SSSR count). The zero-order valence-corrected chi connectivity index (χ0v) is 14.7. The van der Waals surface area contributed by atoms with Crippen molar-refractivity contribution >= 4 is 17.3 Å². The number of nitrogens with two attached hydrogens (primary N) is 1. The molecule has 0 radical (unpaired) electrons. The molecule has 1 aliphatic rings. The lowest BCUT2D eigenvalue weighted by molar-refractivity contribution is 0.374. The molecule has 2 nitrogen and oxygen atoms in total. The fraction of sp³-hybridized carbons (Fsp3) is 0.400. The molecule has 2 unspecified atom stereocenters. The number of hydrogen-bond donors (Lipinski definition) is 1. The molecule has 0 spiro atoms. The highest BCUT2D eigenvalue weighted by atomic mass is 35.5. The molecule has 3 heteroatoms. The van der Waals surface area contributed by atoms with E-state index in [9.17, 15) is 0 Å². The van der Waals surface area contributed by atoms with Crippen molar-refractivity contribution in [2.75, 3.05) is 18.0 Å². The predicted octanol–water partition coefficient (Wildman–Crippen LogP) is 4.35. The fourth-order valence-electron chi connectivity index (χ4n) is 3.54. The standard InChI is InChI=1S/C20H25ClN2/c1-14-6-7-16(8-15(14)2)9-17-10-19(22)13-23(12-17)20-5-3-4-18(21)11-20/h3-8,11,17,19H,9-10,12-13,22H2,1-2H3. The molecule has 0 amide bonds. The quantitative estimate of drug-likeness (QED) is 0.907. The molecule has 1 heterocycles. The molecule has 2 aromatic carbocycles. The average Bonchev–Trinajstić information content (AvgIpc) is 2.50. The first-order valence-corrected chi connectivity index (χ1v) is 8.71. The first kappa shape index (κ1) is 16.4. The molecule has 2 atom stereocenters. The molecule has 0 aliphatic carbocycles. The van der Waals surface area contributed by atoms with Crippen molar-refractivity contribution in [3.05, 3.63) is 64.2 Å². The lowest BCUT2D eigenvalue weighted by atomic mass is 9.88. The number of halogens is 1. The van der Waals surface area contributed by atoms with E-state index in [0.717, 1.165) is 31.0 Å². The molecule has 1 saturated heterocycles. The summed E-state index contributed by atoms with van der Waals surface area (Å²) < 4.78 is 0. The van der Waals surface area contributed by atoms with Gasteiger partial charge >= 0.3 is 0 Å². The van der Waals surface area contributed by atoms with Crippen LogP contribution in [0, 0.1) is 19.8 Å². The second-order valence-electron chi connectivity index (χ2n) is 6.87. The topological polar surface area (TPSA) is 29.3 Å². The Labute approximate surface area is 144 Å². The molecule has 0 bridgehead atoms. The summed E-state index contributed by atoms with van der Waals surface area (Å²) in [5.74, 6) is 0.583. The van der Waals surface area contributed by atoms with Crippen molar-refractivity contribution in [2.45, 2.75) is 32.7 Å². The number of aryl methyl sites for hydroxylation is 2. The van der Waals surface area contributed by atoms with Gasteiger partial charge in [0.1, 0.15) is 0 Å². The van der Waals surface area contributed by atoms with E-state index in [0.29, 0.717) is 5.92 Å². The van der Waals surface area contributed by atoms with Crippen molar-refractivity contribution in [3.63, 3.8) is 0 Å². The molecular weight excluding hydrogens is 304 g/mol. The van der Waals surface area contributed by atoms with Gasteiger partial charge in [-0.2, -0.15) is 0 Å². The SMILES string of the molecule is Cc1ccc(CC2CC(N)CN(c3cccc(Cl)c3)C2)cc1C. The zero-order valence-electron chi connectivity index (χ0n) is 13.9. The van der Waals surface area contributed by atoms with Crippen LogP contribution in [0.15, 0.2) is 42.5 Å². The highest BCUT2D eigenvalue weighted by Gasteiger charge is 2.25. The Morgan fingerprint density at radius 3 is 2.65 bits per heavy atom. The third-order valence-corrected chi connectivity index (χ3v) is 5.07. The maximum atomic E-state index is 6.32. The summed E-state index contributed by atoms with van der Waals surface area (Å²) in [6.07, 6.45) is 2.18. The second kappa shape index (κ2) is 6.94. The van der Waals surface area contributed by atoms with Gasteiger partial charge in [0, 0.05) is 29.8 Å². The van der Waals surface area contributed by atoms with Crippen LogP contribution >= 0.6 is 11.6 Å². The number of anilines is 1. The van der Waals surface area contributed by atoms with Crippen LogP contribution in [0.4, 0.5) is 5.69 Å². The highest BCUT2D eigenvalue weighted by Crippen LogP contribution is 2.27. The molecule has 0 aromatic heterocycles. The fourth-order valence-corrected chi connectivity index (χ4v) is 3.73. The van der Waals surface area contributed by atoms with Gasteiger partial charge in [0.25, 0.3) is 0 Å². The van der Waals surface area contributed by atoms with E-state index in [4.69, 9.17) is 17.3 Å². The summed E-state index contributed by atoms with van der Waals surface area (Å²) in [5, 5.41) is 0.785. The Morgan fingerprint density at radius 1 is 1.09 bits per heavy atom. The van der Waals surface area contributed by atoms with Crippen molar-refractivity contribution < 1.29 is 0 Å². The Kier molecular flexibility index (Phi) is 4.93. The monoisotopic (exact) mass is 328 g/mol. The van der Waals surface area contributed by atoms with Gasteiger partial charge in [0.15, 0.2) is 0 Å². The molecule has 2 N–H and O–H groups in total. The molecule has 0 saturated carbocycles. The Hall–Kier alpha value is -1.51. The van der Waals surface area contributed by atoms with Crippen LogP contribution in [0.25, 0.3) is 0 Å². The van der Waals surface area contributed by atoms with E-state index in [1.165, 1.54) is 22.4 Å². The van der Waals surface area contributed by atoms with Crippen molar-refractivity contribution in [2.24, 2.45) is 11.7 Å². The van der Waals surface area contributed by atoms with Crippen LogP contribution in [-0.4, -0.2) is 19.1 Å². The normalized spacial score (nSPS) is 21.5. The largest absolute Gasteiger partial charge is 0.370 e. The van der Waals surface area contributed by atoms with E-state index in [1.54, 1.807) is 0 Å².